The summed E-state index contributed by atoms with van der Waals surface area (Å²) in [5, 5.41) is 3.68. The Morgan fingerprint density at radius 1 is 1.10 bits per heavy atom. The van der Waals surface area contributed by atoms with E-state index in [0.717, 1.165) is 5.57 Å². The Morgan fingerprint density at radius 3 is 2.17 bits per heavy atom. The van der Waals surface area contributed by atoms with Gasteiger partial charge in [-0.25, -0.2) is 0 Å². The zero-order valence-corrected chi connectivity index (χ0v) is 21.3. The molecule has 1 N–H and O–H groups in total. The highest BCUT2D eigenvalue weighted by molar-refractivity contribution is 5.59. The molecule has 1 aromatic carbocycles. The van der Waals surface area contributed by atoms with Crippen LogP contribution in [0.25, 0.3) is 0 Å². The second-order valence-corrected chi connectivity index (χ2v) is 8.43. The Bertz CT molecular complexity index is 851. The monoisotopic (exact) mass is 408 g/mol. The van der Waals surface area contributed by atoms with E-state index in [1.165, 1.54) is 51.2 Å². The van der Waals surface area contributed by atoms with Crippen LogP contribution in [0.15, 0.2) is 64.7 Å². The van der Waals surface area contributed by atoms with Crippen molar-refractivity contribution >= 4 is 0 Å². The van der Waals surface area contributed by atoms with E-state index >= 15 is 0 Å². The largest absolute Gasteiger partial charge is 0.374 e. The lowest BCUT2D eigenvalue weighted by Gasteiger charge is -2.43. The first kappa shape index (κ1) is 25.8. The number of likely N-dealkylation sites (N-methyl/N-ethyl adjacent to an activating group) is 1. The van der Waals surface area contributed by atoms with Crippen molar-refractivity contribution in [1.29, 1.82) is 0 Å². The Hall–Kier alpha value is -2.22. The van der Waals surface area contributed by atoms with E-state index in [4.69, 9.17) is 0 Å². The molecule has 3 rings (SSSR count). The lowest BCUT2D eigenvalue weighted by atomic mass is 9.72. The van der Waals surface area contributed by atoms with Gasteiger partial charge in [0, 0.05) is 36.6 Å². The first-order valence-corrected chi connectivity index (χ1v) is 11.5. The molecular weight excluding hydrogens is 364 g/mol. The van der Waals surface area contributed by atoms with Crippen LogP contribution in [0.3, 0.4) is 0 Å². The van der Waals surface area contributed by atoms with Crippen molar-refractivity contribution in [2.45, 2.75) is 87.6 Å². The number of nitrogens with zero attached hydrogens (tertiary/aromatic N) is 1. The predicted octanol–water partition coefficient (Wildman–Crippen LogP) is 7.77. The van der Waals surface area contributed by atoms with E-state index in [9.17, 15) is 0 Å². The van der Waals surface area contributed by atoms with Crippen LogP contribution in [0.1, 0.15) is 84.4 Å². The molecule has 0 fully saturated rings. The van der Waals surface area contributed by atoms with Gasteiger partial charge >= 0.3 is 0 Å². The van der Waals surface area contributed by atoms with Crippen LogP contribution in [0.4, 0.5) is 0 Å². The van der Waals surface area contributed by atoms with Crippen molar-refractivity contribution in [2.75, 3.05) is 7.05 Å². The van der Waals surface area contributed by atoms with Gasteiger partial charge < -0.3 is 10.2 Å². The zero-order valence-electron chi connectivity index (χ0n) is 21.3. The van der Waals surface area contributed by atoms with Crippen molar-refractivity contribution in [3.05, 3.63) is 81.4 Å². The molecule has 2 nitrogen and oxygen atoms in total. The molecular formula is C28H44N2. The molecule has 2 heteroatoms. The van der Waals surface area contributed by atoms with Gasteiger partial charge in [-0.05, 0) is 69.4 Å². The molecule has 0 amide bonds. The maximum absolute atomic E-state index is 4.30. The number of hydrogen-bond acceptors (Lipinski definition) is 2. The normalized spacial score (nSPS) is 20.2. The minimum Gasteiger partial charge on any atom is -0.374 e. The van der Waals surface area contributed by atoms with Gasteiger partial charge in [0.05, 0.1) is 0 Å². The topological polar surface area (TPSA) is 15.3 Å². The van der Waals surface area contributed by atoms with Crippen LogP contribution >= 0.6 is 0 Å². The fourth-order valence-corrected chi connectivity index (χ4v) is 4.36. The average molecular weight is 409 g/mol. The van der Waals surface area contributed by atoms with E-state index in [0.29, 0.717) is 6.04 Å². The number of allylic oxidation sites excluding steroid dienone is 4. The first-order chi connectivity index (χ1) is 14.1. The fourth-order valence-electron chi connectivity index (χ4n) is 4.36. The van der Waals surface area contributed by atoms with E-state index in [-0.39, 0.29) is 5.92 Å². The molecule has 1 aromatic rings. The lowest BCUT2D eigenvalue weighted by molar-refractivity contribution is 0.364. The van der Waals surface area contributed by atoms with Crippen LogP contribution in [-0.4, -0.2) is 18.0 Å². The molecule has 0 radical (unpaired) electrons. The molecule has 0 saturated heterocycles. The maximum Gasteiger partial charge on any atom is 0.0498 e. The third-order valence-electron chi connectivity index (χ3n) is 5.65. The smallest absolute Gasteiger partial charge is 0.0498 e. The van der Waals surface area contributed by atoms with E-state index in [2.05, 4.69) is 104 Å². The standard InChI is InChI=1S/C23H30N2.C3H8.C2H6/c1-13(2)20-17(6)24-23-16(5)12-25(8)18(7)21(23)22(20)19-10-9-14(3)11-15(19)4;1-3-2;1-2/h9-12,18,22,24H,1H2,2-8H3;3H2,1-2H3;1-2H3. The van der Waals surface area contributed by atoms with E-state index in [1.54, 1.807) is 0 Å². The van der Waals surface area contributed by atoms with Gasteiger partial charge in [0.1, 0.15) is 0 Å². The van der Waals surface area contributed by atoms with Crippen LogP contribution in [-0.2, 0) is 0 Å². The number of benzene rings is 1. The number of rotatable bonds is 2. The molecule has 2 aliphatic rings. The highest BCUT2D eigenvalue weighted by Gasteiger charge is 2.37. The molecule has 30 heavy (non-hydrogen) atoms. The van der Waals surface area contributed by atoms with Crippen molar-refractivity contribution in [1.82, 2.24) is 10.2 Å². The number of aryl methyl sites for hydroxylation is 2. The summed E-state index contributed by atoms with van der Waals surface area (Å²) in [6.07, 6.45) is 3.49. The maximum atomic E-state index is 4.30. The van der Waals surface area contributed by atoms with Gasteiger partial charge in [0.15, 0.2) is 0 Å². The Balaban J connectivity index is 0.000000826. The minimum absolute atomic E-state index is 0.260. The summed E-state index contributed by atoms with van der Waals surface area (Å²) >= 11 is 0. The summed E-state index contributed by atoms with van der Waals surface area (Å²) in [7, 11) is 2.17. The fraction of sp³-hybridized carbons (Fsp3) is 0.500. The van der Waals surface area contributed by atoms with E-state index in [1.807, 2.05) is 13.8 Å². The molecule has 0 aromatic heterocycles. The summed E-state index contributed by atoms with van der Waals surface area (Å²) in [5.41, 5.74) is 11.8. The molecule has 2 heterocycles. The van der Waals surface area contributed by atoms with Gasteiger partial charge in [0.2, 0.25) is 0 Å². The van der Waals surface area contributed by atoms with Gasteiger partial charge in [-0.15, -0.1) is 0 Å². The lowest BCUT2D eigenvalue weighted by Crippen LogP contribution is -2.39. The highest BCUT2D eigenvalue weighted by atomic mass is 15.1. The van der Waals surface area contributed by atoms with Crippen molar-refractivity contribution in [3.8, 4) is 0 Å². The summed E-state index contributed by atoms with van der Waals surface area (Å²) < 4.78 is 0. The van der Waals surface area contributed by atoms with Gasteiger partial charge in [-0.3, -0.25) is 0 Å². The highest BCUT2D eigenvalue weighted by Crippen LogP contribution is 2.46. The third kappa shape index (κ3) is 5.28. The van der Waals surface area contributed by atoms with Crippen LogP contribution < -0.4 is 5.32 Å². The molecule has 2 aliphatic heterocycles. The molecule has 0 bridgehead atoms. The van der Waals surface area contributed by atoms with Crippen molar-refractivity contribution < 1.29 is 0 Å². The number of nitrogens with one attached hydrogen (secondary N) is 1. The Kier molecular flexibility index (Phi) is 9.68. The summed E-state index contributed by atoms with van der Waals surface area (Å²) in [5.74, 6) is 0.260. The van der Waals surface area contributed by atoms with Gasteiger partial charge in [0.25, 0.3) is 0 Å². The zero-order chi connectivity index (χ0) is 23.2. The van der Waals surface area contributed by atoms with Crippen LogP contribution in [0.5, 0.6) is 0 Å². The van der Waals surface area contributed by atoms with Crippen molar-refractivity contribution in [2.24, 2.45) is 0 Å². The second kappa shape index (κ2) is 11.2. The molecule has 166 valence electrons. The SMILES string of the molecule is C=C(C)C1=C(C)NC2=C(C1c1ccc(C)cc1C)C(C)N(C)C=C2C.CC.CCC. The van der Waals surface area contributed by atoms with Crippen LogP contribution in [0, 0.1) is 13.8 Å². The average Bonchev–Trinajstić information content (AvgIpc) is 2.67. The Labute approximate surface area is 186 Å². The predicted molar refractivity (Wildman–Crippen MR) is 135 cm³/mol. The summed E-state index contributed by atoms with van der Waals surface area (Å²) in [6, 6.07) is 7.18. The second-order valence-electron chi connectivity index (χ2n) is 8.43. The molecule has 0 spiro atoms. The molecule has 0 aliphatic carbocycles. The van der Waals surface area contributed by atoms with Gasteiger partial charge in [-0.1, -0.05) is 70.0 Å². The number of dihydropyridines is 1. The summed E-state index contributed by atoms with van der Waals surface area (Å²) in [4.78, 5) is 2.32. The molecule has 0 saturated carbocycles. The van der Waals surface area contributed by atoms with E-state index < -0.39 is 0 Å². The summed E-state index contributed by atoms with van der Waals surface area (Å²) in [6.45, 7) is 25.8. The van der Waals surface area contributed by atoms with Crippen LogP contribution in [0.2, 0.25) is 0 Å². The minimum atomic E-state index is 0.260. The molecule has 2 atom stereocenters. The quantitative estimate of drug-likeness (QED) is 0.537. The van der Waals surface area contributed by atoms with Crippen molar-refractivity contribution in [3.63, 3.8) is 0 Å². The Morgan fingerprint density at radius 2 is 1.67 bits per heavy atom. The first-order valence-electron chi connectivity index (χ1n) is 11.5. The number of hydrogen-bond donors (Lipinski definition) is 1. The van der Waals surface area contributed by atoms with Gasteiger partial charge in [-0.2, -0.15) is 0 Å². The molecule has 2 unspecified atom stereocenters. The third-order valence-corrected chi connectivity index (χ3v) is 5.65.